The average Bonchev–Trinajstić information content (AvgIpc) is 3.32. The highest BCUT2D eigenvalue weighted by molar-refractivity contribution is 6.10. The van der Waals surface area contributed by atoms with Gasteiger partial charge in [-0.05, 0) is 61.0 Å². The van der Waals surface area contributed by atoms with Gasteiger partial charge in [-0.2, -0.15) is 0 Å². The Balaban J connectivity index is 1.41. The van der Waals surface area contributed by atoms with Crippen molar-refractivity contribution in [3.8, 4) is 22.8 Å². The van der Waals surface area contributed by atoms with E-state index in [4.69, 9.17) is 13.9 Å². The number of carbonyl (C=O) groups excluding carboxylic acids is 2. The van der Waals surface area contributed by atoms with Gasteiger partial charge in [0.15, 0.2) is 5.78 Å². The molecule has 0 fully saturated rings. The van der Waals surface area contributed by atoms with E-state index in [-0.39, 0.29) is 5.78 Å². The maximum absolute atomic E-state index is 13.4. The average molecular weight is 489 g/mol. The molecular weight excluding hydrogens is 464 g/mol. The Morgan fingerprint density at radius 1 is 0.811 bits per heavy atom. The van der Waals surface area contributed by atoms with E-state index in [1.54, 1.807) is 48.5 Å². The van der Waals surface area contributed by atoms with Gasteiger partial charge in [0.25, 0.3) is 0 Å². The minimum atomic E-state index is -0.561. The van der Waals surface area contributed by atoms with Crippen molar-refractivity contribution in [2.24, 2.45) is 0 Å². The number of hydrogen-bond acceptors (Lipinski definition) is 5. The van der Waals surface area contributed by atoms with Gasteiger partial charge in [-0.15, -0.1) is 0 Å². The van der Waals surface area contributed by atoms with Crippen LogP contribution >= 0.6 is 0 Å². The van der Waals surface area contributed by atoms with Crippen molar-refractivity contribution < 1.29 is 23.5 Å². The minimum Gasteiger partial charge on any atom is -0.494 e. The first kappa shape index (κ1) is 23.8. The van der Waals surface area contributed by atoms with Gasteiger partial charge in [-0.1, -0.05) is 66.7 Å². The molecule has 182 valence electrons. The Bertz CT molecular complexity index is 1560. The lowest BCUT2D eigenvalue weighted by molar-refractivity contribution is 0.0737. The first-order valence-electron chi connectivity index (χ1n) is 12.0. The van der Waals surface area contributed by atoms with Crippen molar-refractivity contribution in [1.29, 1.82) is 0 Å². The molecule has 5 aromatic rings. The number of fused-ring (bicyclic) bond motifs is 1. The molecule has 0 aliphatic rings. The Labute approximate surface area is 214 Å². The Morgan fingerprint density at radius 2 is 1.49 bits per heavy atom. The second kappa shape index (κ2) is 10.8. The van der Waals surface area contributed by atoms with Gasteiger partial charge in [0, 0.05) is 16.5 Å². The van der Waals surface area contributed by atoms with Crippen LogP contribution in [-0.4, -0.2) is 18.4 Å². The Morgan fingerprint density at radius 3 is 2.19 bits per heavy atom. The molecule has 1 heterocycles. The summed E-state index contributed by atoms with van der Waals surface area (Å²) < 4.78 is 17.4. The van der Waals surface area contributed by atoms with Crippen molar-refractivity contribution in [3.05, 3.63) is 126 Å². The lowest BCUT2D eigenvalue weighted by Crippen LogP contribution is -2.09. The van der Waals surface area contributed by atoms with Gasteiger partial charge in [0.1, 0.15) is 28.4 Å². The van der Waals surface area contributed by atoms with Crippen LogP contribution < -0.4 is 9.47 Å². The maximum atomic E-state index is 13.4. The number of ketones is 1. The van der Waals surface area contributed by atoms with Gasteiger partial charge in [0.05, 0.1) is 6.61 Å². The van der Waals surface area contributed by atoms with E-state index in [0.29, 0.717) is 46.0 Å². The molecule has 4 aromatic carbocycles. The standard InChI is InChI=1S/C32H24O5/c1-2-35-26-18-20-29-27(21-26)30(31(37-29)24-11-7-4-8-12-24)32(34)36-25-16-14-23(15-17-25)28(33)19-13-22-9-5-3-6-10-22/h3-21H,2H2,1H3. The minimum absolute atomic E-state index is 0.141. The zero-order valence-corrected chi connectivity index (χ0v) is 20.2. The molecule has 0 amide bonds. The normalized spacial score (nSPS) is 11.1. The SMILES string of the molecule is CCOc1ccc2oc(-c3ccccc3)c(C(=O)Oc3ccc(C(=O)C=Cc4ccccc4)cc3)c2c1. The van der Waals surface area contributed by atoms with Crippen molar-refractivity contribution in [2.45, 2.75) is 6.92 Å². The van der Waals surface area contributed by atoms with Crippen LogP contribution in [0, 0.1) is 0 Å². The van der Waals surface area contributed by atoms with Gasteiger partial charge in [-0.3, -0.25) is 4.79 Å². The molecule has 0 atom stereocenters. The van der Waals surface area contributed by atoms with Crippen LogP contribution in [-0.2, 0) is 0 Å². The van der Waals surface area contributed by atoms with Crippen LogP contribution in [0.1, 0.15) is 33.2 Å². The molecule has 5 rings (SSSR count). The van der Waals surface area contributed by atoms with E-state index in [0.717, 1.165) is 11.1 Å². The van der Waals surface area contributed by atoms with Gasteiger partial charge >= 0.3 is 5.97 Å². The number of benzene rings is 4. The summed E-state index contributed by atoms with van der Waals surface area (Å²) >= 11 is 0. The molecule has 0 aliphatic heterocycles. The zero-order chi connectivity index (χ0) is 25.6. The molecule has 0 spiro atoms. The fourth-order valence-electron chi connectivity index (χ4n) is 4.01. The van der Waals surface area contributed by atoms with Crippen molar-refractivity contribution in [1.82, 2.24) is 0 Å². The maximum Gasteiger partial charge on any atom is 0.348 e. The number of rotatable bonds is 8. The molecule has 0 radical (unpaired) electrons. The predicted molar refractivity (Wildman–Crippen MR) is 144 cm³/mol. The second-order valence-corrected chi connectivity index (χ2v) is 8.29. The summed E-state index contributed by atoms with van der Waals surface area (Å²) in [5.74, 6) is 0.678. The number of ether oxygens (including phenoxy) is 2. The van der Waals surface area contributed by atoms with Crippen LogP contribution in [0.4, 0.5) is 0 Å². The van der Waals surface area contributed by atoms with E-state index in [2.05, 4.69) is 0 Å². The number of allylic oxidation sites excluding steroid dienone is 1. The first-order valence-corrected chi connectivity index (χ1v) is 12.0. The van der Waals surface area contributed by atoms with Crippen LogP contribution in [0.15, 0.2) is 114 Å². The summed E-state index contributed by atoms with van der Waals surface area (Å²) in [5, 5.41) is 0.604. The lowest BCUT2D eigenvalue weighted by atomic mass is 10.1. The molecule has 37 heavy (non-hydrogen) atoms. The molecule has 5 nitrogen and oxygen atoms in total. The van der Waals surface area contributed by atoms with Gasteiger partial charge < -0.3 is 13.9 Å². The number of esters is 1. The summed E-state index contributed by atoms with van der Waals surface area (Å²) in [6.07, 6.45) is 3.29. The van der Waals surface area contributed by atoms with E-state index in [9.17, 15) is 9.59 Å². The molecule has 5 heteroatoms. The lowest BCUT2D eigenvalue weighted by Gasteiger charge is -2.07. The topological polar surface area (TPSA) is 65.7 Å². The summed E-state index contributed by atoms with van der Waals surface area (Å²) in [5.41, 5.74) is 3.06. The monoisotopic (exact) mass is 488 g/mol. The van der Waals surface area contributed by atoms with Crippen molar-refractivity contribution in [2.75, 3.05) is 6.61 Å². The van der Waals surface area contributed by atoms with E-state index in [1.165, 1.54) is 6.08 Å². The van der Waals surface area contributed by atoms with Gasteiger partial charge in [-0.25, -0.2) is 4.79 Å². The smallest absolute Gasteiger partial charge is 0.348 e. The highest BCUT2D eigenvalue weighted by Crippen LogP contribution is 2.36. The molecule has 0 N–H and O–H groups in total. The fraction of sp³-hybridized carbons (Fsp3) is 0.0625. The predicted octanol–water partition coefficient (Wildman–Crippen LogP) is 7.61. The summed E-state index contributed by atoms with van der Waals surface area (Å²) in [6.45, 7) is 2.40. The highest BCUT2D eigenvalue weighted by Gasteiger charge is 2.24. The summed E-state index contributed by atoms with van der Waals surface area (Å²) in [6, 6.07) is 30.9. The van der Waals surface area contributed by atoms with E-state index < -0.39 is 5.97 Å². The van der Waals surface area contributed by atoms with Crippen LogP contribution in [0.3, 0.4) is 0 Å². The fourth-order valence-corrected chi connectivity index (χ4v) is 4.01. The summed E-state index contributed by atoms with van der Waals surface area (Å²) in [7, 11) is 0. The zero-order valence-electron chi connectivity index (χ0n) is 20.2. The third-order valence-electron chi connectivity index (χ3n) is 5.79. The molecule has 0 bridgehead atoms. The third kappa shape index (κ3) is 5.36. The van der Waals surface area contributed by atoms with Crippen LogP contribution in [0.2, 0.25) is 0 Å². The van der Waals surface area contributed by atoms with E-state index in [1.807, 2.05) is 67.6 Å². The Hall–Kier alpha value is -4.90. The van der Waals surface area contributed by atoms with E-state index >= 15 is 0 Å². The number of furan rings is 1. The first-order chi connectivity index (χ1) is 18.1. The molecule has 0 saturated carbocycles. The molecular formula is C32H24O5. The van der Waals surface area contributed by atoms with Crippen molar-refractivity contribution in [3.63, 3.8) is 0 Å². The molecule has 1 aromatic heterocycles. The molecule has 0 saturated heterocycles. The largest absolute Gasteiger partial charge is 0.494 e. The van der Waals surface area contributed by atoms with Crippen LogP contribution in [0.25, 0.3) is 28.4 Å². The van der Waals surface area contributed by atoms with Crippen molar-refractivity contribution >= 4 is 28.8 Å². The summed E-state index contributed by atoms with van der Waals surface area (Å²) in [4.78, 5) is 26.0. The number of carbonyl (C=O) groups is 2. The molecule has 0 unspecified atom stereocenters. The third-order valence-corrected chi connectivity index (χ3v) is 5.79. The van der Waals surface area contributed by atoms with Crippen LogP contribution in [0.5, 0.6) is 11.5 Å². The highest BCUT2D eigenvalue weighted by atomic mass is 16.5. The molecule has 0 aliphatic carbocycles. The quantitative estimate of drug-likeness (QED) is 0.0973. The second-order valence-electron chi connectivity index (χ2n) is 8.29. The van der Waals surface area contributed by atoms with Gasteiger partial charge in [0.2, 0.25) is 0 Å². The Kier molecular flexibility index (Phi) is 6.95. The number of hydrogen-bond donors (Lipinski definition) is 0.